The average Bonchev–Trinajstić information content (AvgIpc) is 2.09. The van der Waals surface area contributed by atoms with Crippen molar-refractivity contribution >= 4 is 11.6 Å². The Morgan fingerprint density at radius 1 is 1.75 bits per heavy atom. The van der Waals surface area contributed by atoms with Crippen molar-refractivity contribution in [1.29, 1.82) is 0 Å². The van der Waals surface area contributed by atoms with E-state index in [4.69, 9.17) is 0 Å². The van der Waals surface area contributed by atoms with E-state index in [2.05, 4.69) is 16.9 Å². The van der Waals surface area contributed by atoms with Crippen molar-refractivity contribution in [3.63, 3.8) is 0 Å². The van der Waals surface area contributed by atoms with Crippen LogP contribution in [0.1, 0.15) is 5.69 Å². The Morgan fingerprint density at radius 3 is 3.08 bits per heavy atom. The van der Waals surface area contributed by atoms with E-state index in [1.807, 2.05) is 6.92 Å². The second-order valence-electron chi connectivity index (χ2n) is 2.33. The third kappa shape index (κ3) is 1.92. The van der Waals surface area contributed by atoms with Crippen LogP contribution in [-0.4, -0.2) is 10.9 Å². The molecule has 1 aromatic rings. The quantitative estimate of drug-likeness (QED) is 0.670. The molecule has 0 spiro atoms. The predicted octanol–water partition coefficient (Wildman–Crippen LogP) is 1.51. The Balaban J connectivity index is 2.82. The summed E-state index contributed by atoms with van der Waals surface area (Å²) in [6.45, 7) is 5.19. The molecule has 3 heteroatoms. The number of aromatic nitrogens is 1. The van der Waals surface area contributed by atoms with Gasteiger partial charge in [-0.15, -0.1) is 0 Å². The van der Waals surface area contributed by atoms with Crippen LogP contribution in [0.25, 0.3) is 0 Å². The van der Waals surface area contributed by atoms with Crippen molar-refractivity contribution < 1.29 is 4.79 Å². The highest BCUT2D eigenvalue weighted by Crippen LogP contribution is 2.09. The molecule has 1 aromatic heterocycles. The van der Waals surface area contributed by atoms with Gasteiger partial charge in [-0.05, 0) is 25.1 Å². The molecule has 0 atom stereocenters. The number of rotatable bonds is 2. The van der Waals surface area contributed by atoms with Crippen LogP contribution in [0.15, 0.2) is 31.0 Å². The minimum absolute atomic E-state index is 0.217. The first kappa shape index (κ1) is 8.46. The van der Waals surface area contributed by atoms with E-state index in [0.29, 0.717) is 0 Å². The van der Waals surface area contributed by atoms with Gasteiger partial charge in [0.1, 0.15) is 0 Å². The minimum Gasteiger partial charge on any atom is -0.321 e. The van der Waals surface area contributed by atoms with Crippen LogP contribution in [0.3, 0.4) is 0 Å². The van der Waals surface area contributed by atoms with Crippen LogP contribution in [0.2, 0.25) is 0 Å². The van der Waals surface area contributed by atoms with E-state index in [1.165, 1.54) is 6.08 Å². The molecule has 0 aliphatic carbocycles. The van der Waals surface area contributed by atoms with E-state index in [1.54, 1.807) is 18.3 Å². The Kier molecular flexibility index (Phi) is 2.58. The van der Waals surface area contributed by atoms with Gasteiger partial charge in [0.15, 0.2) is 0 Å². The second-order valence-corrected chi connectivity index (χ2v) is 2.33. The number of carbonyl (C=O) groups excluding carboxylic acids is 1. The number of hydrogen-bond donors (Lipinski definition) is 1. The van der Waals surface area contributed by atoms with Crippen LogP contribution in [0.4, 0.5) is 5.69 Å². The number of carbonyl (C=O) groups is 1. The zero-order chi connectivity index (χ0) is 8.97. The van der Waals surface area contributed by atoms with E-state index >= 15 is 0 Å². The average molecular weight is 162 g/mol. The molecule has 0 bridgehead atoms. The molecule has 1 rings (SSSR count). The highest BCUT2D eigenvalue weighted by Gasteiger charge is 1.99. The van der Waals surface area contributed by atoms with Gasteiger partial charge in [0.05, 0.1) is 11.4 Å². The van der Waals surface area contributed by atoms with Gasteiger partial charge in [0.25, 0.3) is 0 Å². The van der Waals surface area contributed by atoms with Crippen molar-refractivity contribution in [2.75, 3.05) is 5.32 Å². The number of amides is 1. The smallest absolute Gasteiger partial charge is 0.247 e. The van der Waals surface area contributed by atoms with E-state index in [0.717, 1.165) is 11.4 Å². The van der Waals surface area contributed by atoms with Crippen molar-refractivity contribution in [2.45, 2.75) is 6.92 Å². The first-order chi connectivity index (χ1) is 5.74. The van der Waals surface area contributed by atoms with E-state index < -0.39 is 0 Å². The number of pyridine rings is 1. The van der Waals surface area contributed by atoms with E-state index in [9.17, 15) is 4.79 Å². The zero-order valence-electron chi connectivity index (χ0n) is 6.87. The van der Waals surface area contributed by atoms with Gasteiger partial charge in [0, 0.05) is 6.20 Å². The monoisotopic (exact) mass is 162 g/mol. The zero-order valence-corrected chi connectivity index (χ0v) is 6.87. The molecule has 0 fully saturated rings. The lowest BCUT2D eigenvalue weighted by Gasteiger charge is -2.03. The van der Waals surface area contributed by atoms with Gasteiger partial charge in [-0.3, -0.25) is 9.78 Å². The fourth-order valence-corrected chi connectivity index (χ4v) is 0.800. The first-order valence-electron chi connectivity index (χ1n) is 3.59. The summed E-state index contributed by atoms with van der Waals surface area (Å²) in [6.07, 6.45) is 2.91. The minimum atomic E-state index is -0.217. The number of aryl methyl sites for hydroxylation is 1. The fraction of sp³-hybridized carbons (Fsp3) is 0.111. The maximum atomic E-state index is 10.9. The van der Waals surface area contributed by atoms with Crippen LogP contribution >= 0.6 is 0 Å². The molecule has 1 amide bonds. The number of anilines is 1. The molecule has 0 unspecified atom stereocenters. The summed E-state index contributed by atoms with van der Waals surface area (Å²) in [4.78, 5) is 14.9. The predicted molar refractivity (Wildman–Crippen MR) is 47.8 cm³/mol. The normalized spacial score (nSPS) is 9.08. The van der Waals surface area contributed by atoms with Crippen LogP contribution < -0.4 is 5.32 Å². The van der Waals surface area contributed by atoms with Gasteiger partial charge < -0.3 is 5.32 Å². The molecular formula is C9H10N2O. The molecule has 62 valence electrons. The third-order valence-corrected chi connectivity index (χ3v) is 1.45. The summed E-state index contributed by atoms with van der Waals surface area (Å²) in [6, 6.07) is 3.56. The van der Waals surface area contributed by atoms with Crippen molar-refractivity contribution in [3.05, 3.63) is 36.7 Å². The summed E-state index contributed by atoms with van der Waals surface area (Å²) in [7, 11) is 0. The number of hydrogen-bond acceptors (Lipinski definition) is 2. The molecular weight excluding hydrogens is 152 g/mol. The van der Waals surface area contributed by atoms with E-state index in [-0.39, 0.29) is 5.91 Å². The lowest BCUT2D eigenvalue weighted by Crippen LogP contribution is -2.08. The van der Waals surface area contributed by atoms with Crippen molar-refractivity contribution in [1.82, 2.24) is 4.98 Å². The SMILES string of the molecule is C=CC(=O)Nc1cccnc1C. The highest BCUT2D eigenvalue weighted by atomic mass is 16.1. The largest absolute Gasteiger partial charge is 0.321 e. The van der Waals surface area contributed by atoms with Crippen molar-refractivity contribution in [2.24, 2.45) is 0 Å². The molecule has 0 saturated carbocycles. The third-order valence-electron chi connectivity index (χ3n) is 1.45. The summed E-state index contributed by atoms with van der Waals surface area (Å²) < 4.78 is 0. The molecule has 0 aromatic carbocycles. The molecule has 0 saturated heterocycles. The number of nitrogens with zero attached hydrogens (tertiary/aromatic N) is 1. The molecule has 0 aliphatic heterocycles. The second kappa shape index (κ2) is 3.67. The van der Waals surface area contributed by atoms with Gasteiger partial charge in [0.2, 0.25) is 5.91 Å². The lowest BCUT2D eigenvalue weighted by molar-refractivity contribution is -0.111. The Labute approximate surface area is 71.1 Å². The Bertz CT molecular complexity index is 307. The van der Waals surface area contributed by atoms with Gasteiger partial charge in [-0.2, -0.15) is 0 Å². The van der Waals surface area contributed by atoms with Gasteiger partial charge in [-0.25, -0.2) is 0 Å². The van der Waals surface area contributed by atoms with Crippen molar-refractivity contribution in [3.8, 4) is 0 Å². The fourth-order valence-electron chi connectivity index (χ4n) is 0.800. The van der Waals surface area contributed by atoms with Gasteiger partial charge >= 0.3 is 0 Å². The van der Waals surface area contributed by atoms with Crippen LogP contribution in [-0.2, 0) is 4.79 Å². The van der Waals surface area contributed by atoms with Gasteiger partial charge in [-0.1, -0.05) is 6.58 Å². The Morgan fingerprint density at radius 2 is 2.50 bits per heavy atom. The molecule has 1 N–H and O–H groups in total. The maximum Gasteiger partial charge on any atom is 0.247 e. The summed E-state index contributed by atoms with van der Waals surface area (Å²) >= 11 is 0. The number of nitrogens with one attached hydrogen (secondary N) is 1. The summed E-state index contributed by atoms with van der Waals surface area (Å²) in [5.74, 6) is -0.217. The summed E-state index contributed by atoms with van der Waals surface area (Å²) in [5, 5.41) is 2.64. The molecule has 3 nitrogen and oxygen atoms in total. The topological polar surface area (TPSA) is 42.0 Å². The summed E-state index contributed by atoms with van der Waals surface area (Å²) in [5.41, 5.74) is 1.52. The maximum absolute atomic E-state index is 10.9. The van der Waals surface area contributed by atoms with Crippen LogP contribution in [0, 0.1) is 6.92 Å². The highest BCUT2D eigenvalue weighted by molar-refractivity contribution is 5.99. The Hall–Kier alpha value is -1.64. The molecule has 1 heterocycles. The molecule has 12 heavy (non-hydrogen) atoms. The lowest BCUT2D eigenvalue weighted by atomic mass is 10.3. The standard InChI is InChI=1S/C9H10N2O/c1-3-9(12)11-8-5-4-6-10-7(8)2/h3-6H,1H2,2H3,(H,11,12). The van der Waals surface area contributed by atoms with Crippen LogP contribution in [0.5, 0.6) is 0 Å². The molecule has 0 aliphatic rings. The first-order valence-corrected chi connectivity index (χ1v) is 3.59. The molecule has 0 radical (unpaired) electrons.